The van der Waals surface area contributed by atoms with Gasteiger partial charge in [0.1, 0.15) is 0 Å². The van der Waals surface area contributed by atoms with Crippen LogP contribution < -0.4 is 0 Å². The van der Waals surface area contributed by atoms with Gasteiger partial charge in [-0.2, -0.15) is 0 Å². The molecule has 0 unspecified atom stereocenters. The minimum atomic E-state index is 0.155. The van der Waals surface area contributed by atoms with Gasteiger partial charge in [-0.05, 0) is 12.8 Å². The van der Waals surface area contributed by atoms with Crippen LogP contribution >= 0.6 is 11.3 Å². The highest BCUT2D eigenvalue weighted by atomic mass is 32.1. The Kier molecular flexibility index (Phi) is 3.45. The topological polar surface area (TPSA) is 33.1 Å². The summed E-state index contributed by atoms with van der Waals surface area (Å²) >= 11 is 1.71. The van der Waals surface area contributed by atoms with E-state index in [0.717, 1.165) is 18.5 Å². The van der Waals surface area contributed by atoms with Gasteiger partial charge >= 0.3 is 0 Å². The number of hydrogen-bond acceptors (Lipinski definition) is 3. The highest BCUT2D eigenvalue weighted by Crippen LogP contribution is 2.25. The molecule has 1 rings (SSSR count). The van der Waals surface area contributed by atoms with Crippen LogP contribution in [0.15, 0.2) is 5.38 Å². The lowest BCUT2D eigenvalue weighted by Crippen LogP contribution is -2.10. The molecule has 1 aromatic heterocycles. The van der Waals surface area contributed by atoms with Crippen molar-refractivity contribution in [3.63, 3.8) is 0 Å². The molecule has 1 heterocycles. The summed E-state index contributed by atoms with van der Waals surface area (Å²) in [7, 11) is 0. The fourth-order valence-corrected chi connectivity index (χ4v) is 1.97. The maximum atomic E-state index is 8.67. The highest BCUT2D eigenvalue weighted by molar-refractivity contribution is 7.09. The molecular formula is C10H17NOS. The Hall–Kier alpha value is -0.410. The zero-order valence-electron chi connectivity index (χ0n) is 8.50. The Labute approximate surface area is 83.6 Å². The molecular weight excluding hydrogens is 182 g/mol. The second kappa shape index (κ2) is 4.20. The number of hydrogen-bond donors (Lipinski definition) is 1. The van der Waals surface area contributed by atoms with Crippen molar-refractivity contribution in [2.75, 3.05) is 6.61 Å². The molecule has 0 aliphatic rings. The summed E-state index contributed by atoms with van der Waals surface area (Å²) in [5, 5.41) is 11.9. The monoisotopic (exact) mass is 199 g/mol. The van der Waals surface area contributed by atoms with Gasteiger partial charge in [0, 0.05) is 17.4 Å². The van der Waals surface area contributed by atoms with Crippen molar-refractivity contribution in [3.8, 4) is 0 Å². The average molecular weight is 199 g/mol. The van der Waals surface area contributed by atoms with Crippen LogP contribution in [0.1, 0.15) is 37.9 Å². The van der Waals surface area contributed by atoms with Gasteiger partial charge in [-0.1, -0.05) is 20.8 Å². The maximum Gasteiger partial charge on any atom is 0.0981 e. The van der Waals surface area contributed by atoms with Crippen LogP contribution in [-0.2, 0) is 11.8 Å². The molecule has 3 heteroatoms. The first-order valence-electron chi connectivity index (χ1n) is 4.60. The molecule has 0 aromatic carbocycles. The van der Waals surface area contributed by atoms with Gasteiger partial charge in [0.25, 0.3) is 0 Å². The molecule has 0 radical (unpaired) electrons. The molecule has 2 nitrogen and oxygen atoms in total. The summed E-state index contributed by atoms with van der Waals surface area (Å²) in [6.07, 6.45) is 1.70. The van der Waals surface area contributed by atoms with Crippen molar-refractivity contribution in [1.29, 1.82) is 0 Å². The number of thiazole rings is 1. The predicted molar refractivity (Wildman–Crippen MR) is 56.2 cm³/mol. The molecule has 0 saturated heterocycles. The molecule has 0 aliphatic heterocycles. The Balaban J connectivity index is 2.64. The van der Waals surface area contributed by atoms with E-state index in [4.69, 9.17) is 5.11 Å². The summed E-state index contributed by atoms with van der Waals surface area (Å²) in [6.45, 7) is 6.76. The summed E-state index contributed by atoms with van der Waals surface area (Å²) < 4.78 is 0. The van der Waals surface area contributed by atoms with Crippen LogP contribution in [0.4, 0.5) is 0 Å². The average Bonchev–Trinajstić information content (AvgIpc) is 2.47. The molecule has 1 N–H and O–H groups in total. The predicted octanol–water partition coefficient (Wildman–Crippen LogP) is 2.37. The van der Waals surface area contributed by atoms with Crippen LogP contribution in [0.25, 0.3) is 0 Å². The van der Waals surface area contributed by atoms with Crippen molar-refractivity contribution in [1.82, 2.24) is 4.98 Å². The van der Waals surface area contributed by atoms with E-state index >= 15 is 0 Å². The third-order valence-corrected chi connectivity index (χ3v) is 3.10. The SMILES string of the molecule is CC(C)(C)c1nc(CCCO)cs1. The fraction of sp³-hybridized carbons (Fsp3) is 0.700. The third-order valence-electron chi connectivity index (χ3n) is 1.78. The molecule has 0 aliphatic carbocycles. The molecule has 74 valence electrons. The zero-order valence-corrected chi connectivity index (χ0v) is 9.32. The molecule has 0 saturated carbocycles. The van der Waals surface area contributed by atoms with Crippen LogP contribution in [-0.4, -0.2) is 16.7 Å². The van der Waals surface area contributed by atoms with E-state index in [0.29, 0.717) is 0 Å². The molecule has 0 spiro atoms. The van der Waals surface area contributed by atoms with Crippen molar-refractivity contribution < 1.29 is 5.11 Å². The first-order chi connectivity index (χ1) is 6.04. The van der Waals surface area contributed by atoms with Gasteiger partial charge in [-0.25, -0.2) is 4.98 Å². The van der Waals surface area contributed by atoms with E-state index in [9.17, 15) is 0 Å². The van der Waals surface area contributed by atoms with E-state index in [1.807, 2.05) is 0 Å². The van der Waals surface area contributed by atoms with Crippen LogP contribution in [0.5, 0.6) is 0 Å². The smallest absolute Gasteiger partial charge is 0.0981 e. The first kappa shape index (κ1) is 10.7. The number of aromatic nitrogens is 1. The lowest BCUT2D eigenvalue weighted by Gasteiger charge is -2.13. The van der Waals surface area contributed by atoms with E-state index in [1.54, 1.807) is 11.3 Å². The van der Waals surface area contributed by atoms with Crippen LogP contribution in [0.3, 0.4) is 0 Å². The van der Waals surface area contributed by atoms with Crippen molar-refractivity contribution in [3.05, 3.63) is 16.1 Å². The molecule has 0 fully saturated rings. The number of aliphatic hydroxyl groups is 1. The largest absolute Gasteiger partial charge is 0.396 e. The summed E-state index contributed by atoms with van der Waals surface area (Å²) in [6, 6.07) is 0. The van der Waals surface area contributed by atoms with Gasteiger partial charge in [-0.15, -0.1) is 11.3 Å². The lowest BCUT2D eigenvalue weighted by atomic mass is 9.98. The summed E-state index contributed by atoms with van der Waals surface area (Å²) in [5.74, 6) is 0. The summed E-state index contributed by atoms with van der Waals surface area (Å²) in [5.41, 5.74) is 1.27. The highest BCUT2D eigenvalue weighted by Gasteiger charge is 2.17. The maximum absolute atomic E-state index is 8.67. The Morgan fingerprint density at radius 3 is 2.62 bits per heavy atom. The number of nitrogens with zero attached hydrogens (tertiary/aromatic N) is 1. The second-order valence-electron chi connectivity index (χ2n) is 4.22. The van der Waals surface area contributed by atoms with Gasteiger partial charge < -0.3 is 5.11 Å². The Bertz CT molecular complexity index is 262. The minimum Gasteiger partial charge on any atom is -0.396 e. The van der Waals surface area contributed by atoms with Gasteiger partial charge in [0.15, 0.2) is 0 Å². The van der Waals surface area contributed by atoms with Crippen LogP contribution in [0.2, 0.25) is 0 Å². The zero-order chi connectivity index (χ0) is 9.90. The molecule has 0 bridgehead atoms. The quantitative estimate of drug-likeness (QED) is 0.810. The van der Waals surface area contributed by atoms with E-state index < -0.39 is 0 Å². The fourth-order valence-electron chi connectivity index (χ4n) is 1.03. The third kappa shape index (κ3) is 3.08. The van der Waals surface area contributed by atoms with Gasteiger partial charge in [0.2, 0.25) is 0 Å². The standard InChI is InChI=1S/C10H17NOS/c1-10(2,3)9-11-8(7-13-9)5-4-6-12/h7,12H,4-6H2,1-3H3. The molecule has 0 amide bonds. The Morgan fingerprint density at radius 1 is 1.46 bits per heavy atom. The Morgan fingerprint density at radius 2 is 2.15 bits per heavy atom. The number of aryl methyl sites for hydroxylation is 1. The van der Waals surface area contributed by atoms with Crippen molar-refractivity contribution >= 4 is 11.3 Å². The minimum absolute atomic E-state index is 0.155. The molecule has 0 atom stereocenters. The number of aliphatic hydroxyl groups excluding tert-OH is 1. The van der Waals surface area contributed by atoms with Crippen molar-refractivity contribution in [2.45, 2.75) is 39.0 Å². The van der Waals surface area contributed by atoms with Gasteiger partial charge in [-0.3, -0.25) is 0 Å². The van der Waals surface area contributed by atoms with Crippen molar-refractivity contribution in [2.24, 2.45) is 0 Å². The van der Waals surface area contributed by atoms with E-state index in [-0.39, 0.29) is 12.0 Å². The number of rotatable bonds is 3. The van der Waals surface area contributed by atoms with Crippen LogP contribution in [0, 0.1) is 0 Å². The second-order valence-corrected chi connectivity index (χ2v) is 5.08. The first-order valence-corrected chi connectivity index (χ1v) is 5.48. The lowest BCUT2D eigenvalue weighted by molar-refractivity contribution is 0.288. The van der Waals surface area contributed by atoms with E-state index in [1.165, 1.54) is 5.01 Å². The molecule has 1 aromatic rings. The van der Waals surface area contributed by atoms with E-state index in [2.05, 4.69) is 31.1 Å². The normalized spacial score (nSPS) is 12.0. The summed E-state index contributed by atoms with van der Waals surface area (Å²) in [4.78, 5) is 4.53. The van der Waals surface area contributed by atoms with Gasteiger partial charge in [0.05, 0.1) is 10.7 Å². The molecule has 13 heavy (non-hydrogen) atoms.